The van der Waals surface area contributed by atoms with E-state index in [1.807, 2.05) is 0 Å². The van der Waals surface area contributed by atoms with Crippen molar-refractivity contribution in [1.82, 2.24) is 0 Å². The van der Waals surface area contributed by atoms with E-state index in [1.165, 1.54) is 144 Å². The van der Waals surface area contributed by atoms with Gasteiger partial charge in [0.1, 0.15) is 0 Å². The standard InChI is InChI=1S/3C20H18.2C12H12/c1-15-3-7-17(8-4-15)19-11-13-20(14-12-19)18-9-5-16(2)6-10-18;1-15-9-3-5-11-17(15)19-13-7-8-14-20(19)18-12-6-4-10-16(18)2;1-15-6-8-17(9-7-15)18-10-12-19(13-11-18)20-5-3-4-16(2)14-20;1-9-3-5-12-8-10(2)4-6-11(12)7-9;1-9-7-8-10(2)12-6-4-3-5-11(9)12/h3*3-14H,1-2H3;2*3-8H,1-2H3. The average Bonchev–Trinajstić information content (AvgIpc) is 3.34. The van der Waals surface area contributed by atoms with Crippen molar-refractivity contribution < 1.29 is 0 Å². The lowest BCUT2D eigenvalue weighted by molar-refractivity contribution is 1.43. The molecule has 0 saturated heterocycles. The monoisotopic (exact) mass is 1090 g/mol. The second kappa shape index (κ2) is 28.4. The minimum Gasteiger partial charge on any atom is -0.0620 e. The Bertz CT molecular complexity index is 4020. The predicted molar refractivity (Wildman–Crippen MR) is 367 cm³/mol. The lowest BCUT2D eigenvalue weighted by Crippen LogP contribution is -1.89. The molecular weight excluding hydrogens is 1010 g/mol. The fourth-order valence-corrected chi connectivity index (χ4v) is 10.6. The van der Waals surface area contributed by atoms with Crippen LogP contribution in [0.3, 0.4) is 0 Å². The third kappa shape index (κ3) is 15.7. The second-order valence-corrected chi connectivity index (χ2v) is 22.4. The largest absolute Gasteiger partial charge is 0.0620 e. The van der Waals surface area contributed by atoms with E-state index in [1.54, 1.807) is 0 Å². The highest BCUT2D eigenvalue weighted by Gasteiger charge is 2.10. The van der Waals surface area contributed by atoms with E-state index in [0.29, 0.717) is 0 Å². The molecule has 0 aliphatic carbocycles. The van der Waals surface area contributed by atoms with Crippen molar-refractivity contribution in [3.05, 3.63) is 347 Å². The van der Waals surface area contributed by atoms with E-state index in [-0.39, 0.29) is 0 Å². The fraction of sp³-hybridized carbons (Fsp3) is 0.119. The number of aryl methyl sites for hydroxylation is 10. The van der Waals surface area contributed by atoms with Crippen LogP contribution in [0.2, 0.25) is 0 Å². The van der Waals surface area contributed by atoms with Crippen LogP contribution in [0.4, 0.5) is 0 Å². The molecule has 0 bridgehead atoms. The Morgan fingerprint density at radius 3 is 0.762 bits per heavy atom. The molecule has 0 heteroatoms. The van der Waals surface area contributed by atoms with E-state index in [9.17, 15) is 0 Å². The van der Waals surface area contributed by atoms with Crippen LogP contribution in [0.15, 0.2) is 291 Å². The normalized spacial score (nSPS) is 10.5. The molecule has 0 aliphatic heterocycles. The highest BCUT2D eigenvalue weighted by atomic mass is 14.1. The second-order valence-electron chi connectivity index (χ2n) is 22.4. The molecule has 13 rings (SSSR count). The third-order valence-electron chi connectivity index (χ3n) is 15.6. The summed E-state index contributed by atoms with van der Waals surface area (Å²) < 4.78 is 0. The minimum absolute atomic E-state index is 1.26. The summed E-state index contributed by atoms with van der Waals surface area (Å²) >= 11 is 0. The van der Waals surface area contributed by atoms with E-state index >= 15 is 0 Å². The summed E-state index contributed by atoms with van der Waals surface area (Å²) in [5, 5.41) is 5.41. The maximum atomic E-state index is 2.22. The summed E-state index contributed by atoms with van der Waals surface area (Å²) in [5.74, 6) is 0. The van der Waals surface area contributed by atoms with Gasteiger partial charge in [0.15, 0.2) is 0 Å². The number of hydrogen-bond donors (Lipinski definition) is 0. The molecule has 0 aliphatic rings. The fourth-order valence-electron chi connectivity index (χ4n) is 10.6. The molecule has 0 heterocycles. The number of fused-ring (bicyclic) bond motifs is 2. The quantitative estimate of drug-likeness (QED) is 0.156. The molecule has 0 fully saturated rings. The molecule has 13 aromatic rings. The Hall–Kier alpha value is -9.62. The van der Waals surface area contributed by atoms with E-state index < -0.39 is 0 Å². The molecule has 84 heavy (non-hydrogen) atoms. The first kappa shape index (κ1) is 59.0. The van der Waals surface area contributed by atoms with Gasteiger partial charge in [0, 0.05) is 0 Å². The molecule has 0 N–H and O–H groups in total. The van der Waals surface area contributed by atoms with Crippen LogP contribution in [-0.4, -0.2) is 0 Å². The molecule has 0 atom stereocenters. The third-order valence-corrected chi connectivity index (χ3v) is 15.6. The van der Waals surface area contributed by atoms with Crippen molar-refractivity contribution in [2.75, 3.05) is 0 Å². The van der Waals surface area contributed by atoms with Crippen LogP contribution in [0.1, 0.15) is 55.6 Å². The van der Waals surface area contributed by atoms with Crippen LogP contribution in [-0.2, 0) is 0 Å². The van der Waals surface area contributed by atoms with Gasteiger partial charge in [-0.1, -0.05) is 325 Å². The number of hydrogen-bond acceptors (Lipinski definition) is 0. The molecule has 13 aromatic carbocycles. The van der Waals surface area contributed by atoms with Crippen LogP contribution >= 0.6 is 0 Å². The topological polar surface area (TPSA) is 0 Å². The average molecular weight is 1090 g/mol. The first-order valence-electron chi connectivity index (χ1n) is 29.4. The van der Waals surface area contributed by atoms with Gasteiger partial charge in [-0.3, -0.25) is 0 Å². The SMILES string of the molecule is Cc1ccc(-c2ccc(-c3ccc(C)cc3)cc2)cc1.Cc1ccc(-c2ccc(-c3cccc(C)c3)cc2)cc1.Cc1ccc(C)c2ccccc12.Cc1ccc2cc(C)ccc2c1.Cc1ccccc1-c1ccccc1-c1ccccc1C. The summed E-state index contributed by atoms with van der Waals surface area (Å²) in [6.45, 7) is 21.4. The van der Waals surface area contributed by atoms with Crippen LogP contribution in [0.25, 0.3) is 88.3 Å². The van der Waals surface area contributed by atoms with Gasteiger partial charge in [-0.05, 0) is 180 Å². The lowest BCUT2D eigenvalue weighted by Gasteiger charge is -2.14. The Kier molecular flexibility index (Phi) is 19.9. The van der Waals surface area contributed by atoms with Crippen LogP contribution in [0, 0.1) is 69.2 Å². The number of rotatable bonds is 6. The van der Waals surface area contributed by atoms with Gasteiger partial charge >= 0.3 is 0 Å². The zero-order valence-electron chi connectivity index (χ0n) is 50.7. The van der Waals surface area contributed by atoms with Crippen molar-refractivity contribution in [2.24, 2.45) is 0 Å². The predicted octanol–water partition coefficient (Wildman–Crippen LogP) is 23.8. The van der Waals surface area contributed by atoms with Gasteiger partial charge in [0.25, 0.3) is 0 Å². The molecule has 0 amide bonds. The van der Waals surface area contributed by atoms with Gasteiger partial charge < -0.3 is 0 Å². The Morgan fingerprint density at radius 1 is 0.155 bits per heavy atom. The van der Waals surface area contributed by atoms with Crippen molar-refractivity contribution >= 4 is 21.5 Å². The van der Waals surface area contributed by atoms with Crippen molar-refractivity contribution in [2.45, 2.75) is 69.2 Å². The minimum atomic E-state index is 1.26. The van der Waals surface area contributed by atoms with E-state index in [2.05, 4.69) is 360 Å². The highest BCUT2D eigenvalue weighted by molar-refractivity contribution is 5.89. The zero-order valence-corrected chi connectivity index (χ0v) is 50.7. The summed E-state index contributed by atoms with van der Waals surface area (Å²) in [6.07, 6.45) is 0. The first-order chi connectivity index (χ1) is 40.8. The lowest BCUT2D eigenvalue weighted by atomic mass is 9.90. The molecule has 0 unspecified atom stereocenters. The summed E-state index contributed by atoms with van der Waals surface area (Å²) in [4.78, 5) is 0. The Morgan fingerprint density at radius 2 is 0.429 bits per heavy atom. The van der Waals surface area contributed by atoms with Gasteiger partial charge in [0.05, 0.1) is 0 Å². The molecule has 0 radical (unpaired) electrons. The number of benzene rings is 13. The molecular formula is C84H78. The molecule has 0 saturated carbocycles. The maximum Gasteiger partial charge on any atom is -0.0103 e. The molecule has 0 nitrogen and oxygen atoms in total. The van der Waals surface area contributed by atoms with Crippen molar-refractivity contribution in [1.29, 1.82) is 0 Å². The van der Waals surface area contributed by atoms with Gasteiger partial charge in [-0.2, -0.15) is 0 Å². The van der Waals surface area contributed by atoms with Gasteiger partial charge in [-0.15, -0.1) is 0 Å². The first-order valence-corrected chi connectivity index (χ1v) is 29.4. The zero-order chi connectivity index (χ0) is 59.0. The van der Waals surface area contributed by atoms with Gasteiger partial charge in [0.2, 0.25) is 0 Å². The van der Waals surface area contributed by atoms with Crippen molar-refractivity contribution in [3.8, 4) is 66.8 Å². The maximum absolute atomic E-state index is 2.22. The molecule has 414 valence electrons. The summed E-state index contributed by atoms with van der Waals surface area (Å²) in [6, 6.07) is 104. The van der Waals surface area contributed by atoms with Crippen LogP contribution in [0.5, 0.6) is 0 Å². The summed E-state index contributed by atoms with van der Waals surface area (Å²) in [5.41, 5.74) is 28.6. The Balaban J connectivity index is 0.000000128. The van der Waals surface area contributed by atoms with Crippen molar-refractivity contribution in [3.63, 3.8) is 0 Å². The highest BCUT2D eigenvalue weighted by Crippen LogP contribution is 2.35. The van der Waals surface area contributed by atoms with Crippen LogP contribution < -0.4 is 0 Å². The summed E-state index contributed by atoms with van der Waals surface area (Å²) in [7, 11) is 0. The van der Waals surface area contributed by atoms with Gasteiger partial charge in [-0.25, -0.2) is 0 Å². The molecule has 0 spiro atoms. The van der Waals surface area contributed by atoms with E-state index in [0.717, 1.165) is 0 Å². The smallest absolute Gasteiger partial charge is 0.0103 e. The Labute approximate surface area is 501 Å². The molecule has 0 aromatic heterocycles. The van der Waals surface area contributed by atoms with E-state index in [4.69, 9.17) is 0 Å².